The molecule has 0 atom stereocenters. The van der Waals surface area contributed by atoms with Crippen LogP contribution in [0.1, 0.15) is 50.8 Å². The molecular weight excluding hydrogens is 246 g/mol. The first kappa shape index (κ1) is 15.3. The Balaban J connectivity index is 2.26. The number of rotatable bonds is 6. The van der Waals surface area contributed by atoms with E-state index < -0.39 is 0 Å². The van der Waals surface area contributed by atoms with Crippen molar-refractivity contribution in [3.8, 4) is 0 Å². The molecule has 1 aliphatic rings. The Morgan fingerprint density at radius 2 is 2.00 bits per heavy atom. The number of hydrogen-bond acceptors (Lipinski definition) is 3. The van der Waals surface area contributed by atoms with Crippen LogP contribution in [0.25, 0.3) is 0 Å². The van der Waals surface area contributed by atoms with Crippen molar-refractivity contribution in [1.82, 2.24) is 10.3 Å². The molecule has 0 radical (unpaired) electrons. The van der Waals surface area contributed by atoms with Crippen LogP contribution < -0.4 is 10.2 Å². The lowest BCUT2D eigenvalue weighted by Crippen LogP contribution is -2.37. The number of hydrogen-bond donors (Lipinski definition) is 1. The number of pyridine rings is 1. The largest absolute Gasteiger partial charge is 0.353 e. The fraction of sp³-hybridized carbons (Fsp3) is 0.706. The highest BCUT2D eigenvalue weighted by Gasteiger charge is 2.24. The van der Waals surface area contributed by atoms with Crippen molar-refractivity contribution >= 4 is 5.82 Å². The van der Waals surface area contributed by atoms with Crippen LogP contribution in [0.15, 0.2) is 12.1 Å². The van der Waals surface area contributed by atoms with Gasteiger partial charge in [0.2, 0.25) is 0 Å². The van der Waals surface area contributed by atoms with Crippen LogP contribution >= 0.6 is 0 Å². The molecule has 0 bridgehead atoms. The van der Waals surface area contributed by atoms with Gasteiger partial charge in [-0.05, 0) is 50.4 Å². The summed E-state index contributed by atoms with van der Waals surface area (Å²) in [5.41, 5.74) is 2.46. The molecule has 2 rings (SSSR count). The smallest absolute Gasteiger partial charge is 0.129 e. The topological polar surface area (TPSA) is 28.2 Å². The van der Waals surface area contributed by atoms with Gasteiger partial charge in [-0.3, -0.25) is 0 Å². The van der Waals surface area contributed by atoms with Crippen molar-refractivity contribution in [3.05, 3.63) is 23.4 Å². The number of anilines is 1. The first-order valence-electron chi connectivity index (χ1n) is 7.99. The van der Waals surface area contributed by atoms with Gasteiger partial charge in [-0.1, -0.05) is 26.7 Å². The third-order valence-electron chi connectivity index (χ3n) is 4.00. The molecule has 0 amide bonds. The molecule has 1 heterocycles. The predicted molar refractivity (Wildman–Crippen MR) is 86.2 cm³/mol. The van der Waals surface area contributed by atoms with Crippen LogP contribution in [-0.2, 0) is 6.54 Å². The van der Waals surface area contributed by atoms with Crippen molar-refractivity contribution in [2.45, 2.75) is 59.0 Å². The fourth-order valence-electron chi connectivity index (χ4n) is 3.21. The van der Waals surface area contributed by atoms with E-state index in [2.05, 4.69) is 43.1 Å². The second kappa shape index (κ2) is 7.07. The van der Waals surface area contributed by atoms with Gasteiger partial charge >= 0.3 is 0 Å². The maximum absolute atomic E-state index is 4.81. The highest BCUT2D eigenvalue weighted by atomic mass is 15.2. The Labute approximate surface area is 123 Å². The monoisotopic (exact) mass is 275 g/mol. The lowest BCUT2D eigenvalue weighted by atomic mass is 10.1. The van der Waals surface area contributed by atoms with E-state index in [1.807, 2.05) is 7.05 Å². The standard InChI is InChI=1S/C17H29N3/c1-13(2)12-20(16-7-5-6-8-16)17-10-15(11-18-4)9-14(3)19-17/h9-10,13,16,18H,5-8,11-12H2,1-4H3. The van der Waals surface area contributed by atoms with E-state index in [4.69, 9.17) is 4.98 Å². The molecule has 1 N–H and O–H groups in total. The van der Waals surface area contributed by atoms with Gasteiger partial charge in [0.25, 0.3) is 0 Å². The second-order valence-electron chi connectivity index (χ2n) is 6.49. The maximum atomic E-state index is 4.81. The molecule has 112 valence electrons. The molecule has 0 aromatic carbocycles. The van der Waals surface area contributed by atoms with Gasteiger partial charge in [-0.2, -0.15) is 0 Å². The normalized spacial score (nSPS) is 16.1. The summed E-state index contributed by atoms with van der Waals surface area (Å²) in [6.45, 7) is 8.72. The summed E-state index contributed by atoms with van der Waals surface area (Å²) in [6, 6.07) is 5.14. The first-order chi connectivity index (χ1) is 9.60. The zero-order valence-corrected chi connectivity index (χ0v) is 13.4. The van der Waals surface area contributed by atoms with E-state index in [1.165, 1.54) is 37.1 Å². The number of nitrogens with zero attached hydrogens (tertiary/aromatic N) is 2. The summed E-state index contributed by atoms with van der Waals surface area (Å²) in [4.78, 5) is 7.37. The molecule has 0 aliphatic heterocycles. The SMILES string of the molecule is CNCc1cc(C)nc(N(CC(C)C)C2CCCC2)c1. The van der Waals surface area contributed by atoms with Crippen LogP contribution in [-0.4, -0.2) is 24.6 Å². The lowest BCUT2D eigenvalue weighted by Gasteiger charge is -2.32. The number of aryl methyl sites for hydroxylation is 1. The van der Waals surface area contributed by atoms with E-state index in [1.54, 1.807) is 0 Å². The van der Waals surface area contributed by atoms with Gasteiger partial charge in [0.1, 0.15) is 5.82 Å². The minimum Gasteiger partial charge on any atom is -0.353 e. The second-order valence-corrected chi connectivity index (χ2v) is 6.49. The number of aromatic nitrogens is 1. The van der Waals surface area contributed by atoms with E-state index in [-0.39, 0.29) is 0 Å². The molecule has 0 unspecified atom stereocenters. The van der Waals surface area contributed by atoms with Gasteiger partial charge in [-0.15, -0.1) is 0 Å². The molecule has 3 nitrogen and oxygen atoms in total. The zero-order valence-electron chi connectivity index (χ0n) is 13.4. The Hall–Kier alpha value is -1.09. The van der Waals surface area contributed by atoms with Gasteiger partial charge in [-0.25, -0.2) is 4.98 Å². The Morgan fingerprint density at radius 3 is 2.60 bits per heavy atom. The van der Waals surface area contributed by atoms with Crippen molar-refractivity contribution < 1.29 is 0 Å². The van der Waals surface area contributed by atoms with Gasteiger partial charge in [0.15, 0.2) is 0 Å². The summed E-state index contributed by atoms with van der Waals surface area (Å²) in [5.74, 6) is 1.85. The van der Waals surface area contributed by atoms with E-state index >= 15 is 0 Å². The Morgan fingerprint density at radius 1 is 1.30 bits per heavy atom. The maximum Gasteiger partial charge on any atom is 0.129 e. The quantitative estimate of drug-likeness (QED) is 0.861. The minimum absolute atomic E-state index is 0.672. The van der Waals surface area contributed by atoms with Crippen molar-refractivity contribution in [1.29, 1.82) is 0 Å². The average Bonchev–Trinajstić information content (AvgIpc) is 2.89. The van der Waals surface area contributed by atoms with Crippen LogP contribution in [0.2, 0.25) is 0 Å². The van der Waals surface area contributed by atoms with E-state index in [9.17, 15) is 0 Å². The summed E-state index contributed by atoms with van der Waals surface area (Å²) in [7, 11) is 2.00. The molecule has 1 aromatic rings. The molecule has 1 saturated carbocycles. The Kier molecular flexibility index (Phi) is 5.41. The van der Waals surface area contributed by atoms with E-state index in [0.717, 1.165) is 18.8 Å². The molecule has 0 spiro atoms. The molecule has 1 aromatic heterocycles. The molecule has 1 aliphatic carbocycles. The van der Waals surface area contributed by atoms with Crippen molar-refractivity contribution in [2.24, 2.45) is 5.92 Å². The molecule has 3 heteroatoms. The van der Waals surface area contributed by atoms with Gasteiger partial charge in [0.05, 0.1) is 0 Å². The molecule has 20 heavy (non-hydrogen) atoms. The van der Waals surface area contributed by atoms with Gasteiger partial charge < -0.3 is 10.2 Å². The predicted octanol–water partition coefficient (Wildman–Crippen LogP) is 3.51. The van der Waals surface area contributed by atoms with E-state index in [0.29, 0.717) is 12.0 Å². The first-order valence-corrected chi connectivity index (χ1v) is 7.99. The highest BCUT2D eigenvalue weighted by molar-refractivity contribution is 5.44. The summed E-state index contributed by atoms with van der Waals surface area (Å²) in [5, 5.41) is 3.24. The molecule has 1 fully saturated rings. The Bertz CT molecular complexity index is 422. The summed E-state index contributed by atoms with van der Waals surface area (Å²) >= 11 is 0. The van der Waals surface area contributed by atoms with Crippen molar-refractivity contribution in [2.75, 3.05) is 18.5 Å². The lowest BCUT2D eigenvalue weighted by molar-refractivity contribution is 0.530. The molecular formula is C17H29N3. The van der Waals surface area contributed by atoms with Crippen LogP contribution in [0.3, 0.4) is 0 Å². The van der Waals surface area contributed by atoms with Crippen LogP contribution in [0.4, 0.5) is 5.82 Å². The highest BCUT2D eigenvalue weighted by Crippen LogP contribution is 2.28. The van der Waals surface area contributed by atoms with Gasteiger partial charge in [0, 0.05) is 24.8 Å². The molecule has 0 saturated heterocycles. The number of nitrogens with one attached hydrogen (secondary N) is 1. The summed E-state index contributed by atoms with van der Waals surface area (Å²) in [6.07, 6.45) is 5.39. The minimum atomic E-state index is 0.672. The van der Waals surface area contributed by atoms with Crippen LogP contribution in [0, 0.1) is 12.8 Å². The third kappa shape index (κ3) is 3.95. The third-order valence-corrected chi connectivity index (χ3v) is 4.00. The van der Waals surface area contributed by atoms with Crippen LogP contribution in [0.5, 0.6) is 0 Å². The van der Waals surface area contributed by atoms with Crippen molar-refractivity contribution in [3.63, 3.8) is 0 Å². The summed E-state index contributed by atoms with van der Waals surface area (Å²) < 4.78 is 0. The fourth-order valence-corrected chi connectivity index (χ4v) is 3.21. The zero-order chi connectivity index (χ0) is 14.5. The average molecular weight is 275 g/mol.